The lowest BCUT2D eigenvalue weighted by Gasteiger charge is -2.11. The number of nitrogens with zero attached hydrogens (tertiary/aromatic N) is 1. The van der Waals surface area contributed by atoms with E-state index in [-0.39, 0.29) is 0 Å². The van der Waals surface area contributed by atoms with E-state index in [9.17, 15) is 31.2 Å². The van der Waals surface area contributed by atoms with Crippen LogP contribution in [0.5, 0.6) is 0 Å². The van der Waals surface area contributed by atoms with Gasteiger partial charge in [-0.2, -0.15) is 13.2 Å². The zero-order valence-electron chi connectivity index (χ0n) is 20.9. The Morgan fingerprint density at radius 1 is 0.949 bits per heavy atom. The predicted octanol–water partition coefficient (Wildman–Crippen LogP) is 5.44. The average molecular weight is 559 g/mol. The fourth-order valence-corrected chi connectivity index (χ4v) is 5.39. The second kappa shape index (κ2) is 11.4. The Kier molecular flexibility index (Phi) is 8.22. The number of esters is 1. The molecule has 0 aliphatic rings. The molecule has 0 radical (unpaired) electrons. The minimum Gasteiger partial charge on any atom is -0.457 e. The Labute approximate surface area is 223 Å². The highest BCUT2D eigenvalue weighted by Gasteiger charge is 2.31. The van der Waals surface area contributed by atoms with Crippen molar-refractivity contribution in [3.8, 4) is 11.3 Å². The number of ether oxygens (including phenoxy) is 1. The molecule has 0 amide bonds. The van der Waals surface area contributed by atoms with E-state index in [1.807, 2.05) is 66.1 Å². The summed E-state index contributed by atoms with van der Waals surface area (Å²) in [6, 6.07) is 20.1. The summed E-state index contributed by atoms with van der Waals surface area (Å²) in [7, 11) is -4.30. The van der Waals surface area contributed by atoms with E-state index in [4.69, 9.17) is 4.74 Å². The number of fused-ring (bicyclic) bond motifs is 1. The summed E-state index contributed by atoms with van der Waals surface area (Å²) in [6.45, 7) is 1.59. The largest absolute Gasteiger partial charge is 0.457 e. The first kappa shape index (κ1) is 28.1. The molecule has 0 bridgehead atoms. The van der Waals surface area contributed by atoms with Crippen molar-refractivity contribution in [2.75, 3.05) is 13.2 Å². The molecular weight excluding hydrogens is 533 g/mol. The minimum absolute atomic E-state index is 0.414. The van der Waals surface area contributed by atoms with Crippen LogP contribution < -0.4 is 4.72 Å². The number of para-hydroxylation sites is 1. The highest BCUT2D eigenvalue weighted by Crippen LogP contribution is 2.34. The molecule has 1 N–H and O–H groups in total. The quantitative estimate of drug-likeness (QED) is 0.207. The molecule has 1 heterocycles. The number of alkyl halides is 3. The number of rotatable bonds is 10. The second-order valence-corrected chi connectivity index (χ2v) is 10.4. The maximum atomic E-state index is 13.3. The van der Waals surface area contributed by atoms with E-state index in [2.05, 4.69) is 4.72 Å². The molecule has 0 fully saturated rings. The lowest BCUT2D eigenvalue weighted by atomic mass is 10.0. The summed E-state index contributed by atoms with van der Waals surface area (Å²) in [6.07, 6.45) is -5.13. The van der Waals surface area contributed by atoms with Gasteiger partial charge in [-0.1, -0.05) is 54.6 Å². The number of nitrogens with one attached hydrogen (secondary N) is 1. The van der Waals surface area contributed by atoms with Gasteiger partial charge in [0.25, 0.3) is 0 Å². The van der Waals surface area contributed by atoms with Crippen LogP contribution in [-0.4, -0.2) is 37.9 Å². The SMILES string of the molecule is CCn1c(-c2ccccc2)c(C(=O)COC(=O)CCNS(=O)(=O)c2cccc(C(F)(F)F)c2)c2ccccc21. The molecule has 0 saturated heterocycles. The van der Waals surface area contributed by atoms with Crippen LogP contribution in [-0.2, 0) is 32.3 Å². The first-order valence-electron chi connectivity index (χ1n) is 12.1. The van der Waals surface area contributed by atoms with E-state index in [1.54, 1.807) is 0 Å². The van der Waals surface area contributed by atoms with Gasteiger partial charge in [-0.25, -0.2) is 13.1 Å². The van der Waals surface area contributed by atoms with Gasteiger partial charge in [0, 0.05) is 24.0 Å². The highest BCUT2D eigenvalue weighted by molar-refractivity contribution is 7.89. The Morgan fingerprint density at radius 3 is 2.33 bits per heavy atom. The van der Waals surface area contributed by atoms with Crippen LogP contribution in [0.3, 0.4) is 0 Å². The van der Waals surface area contributed by atoms with E-state index in [0.717, 1.165) is 29.3 Å². The lowest BCUT2D eigenvalue weighted by molar-refractivity contribution is -0.142. The molecular formula is C28H25F3N2O5S. The first-order chi connectivity index (χ1) is 18.5. The number of hydrogen-bond acceptors (Lipinski definition) is 5. The van der Waals surface area contributed by atoms with Crippen LogP contribution in [0.4, 0.5) is 13.2 Å². The van der Waals surface area contributed by atoms with Crippen molar-refractivity contribution in [1.82, 2.24) is 9.29 Å². The average Bonchev–Trinajstić information content (AvgIpc) is 3.26. The van der Waals surface area contributed by atoms with Crippen LogP contribution in [0.1, 0.15) is 29.3 Å². The van der Waals surface area contributed by atoms with Crippen LogP contribution in [0.15, 0.2) is 83.8 Å². The first-order valence-corrected chi connectivity index (χ1v) is 13.5. The molecule has 7 nitrogen and oxygen atoms in total. The van der Waals surface area contributed by atoms with Gasteiger partial charge in [-0.3, -0.25) is 9.59 Å². The van der Waals surface area contributed by atoms with Crippen LogP contribution in [0, 0.1) is 0 Å². The van der Waals surface area contributed by atoms with Gasteiger partial charge in [0.05, 0.1) is 28.1 Å². The minimum atomic E-state index is -4.70. The number of sulfonamides is 1. The number of benzene rings is 3. The Balaban J connectivity index is 1.44. The molecule has 0 unspecified atom stereocenters. The summed E-state index contributed by atoms with van der Waals surface area (Å²) in [5, 5.41) is 0.716. The Morgan fingerprint density at radius 2 is 1.64 bits per heavy atom. The maximum absolute atomic E-state index is 13.3. The van der Waals surface area contributed by atoms with Gasteiger partial charge in [-0.15, -0.1) is 0 Å². The fraction of sp³-hybridized carbons (Fsp3) is 0.214. The van der Waals surface area contributed by atoms with Gasteiger partial charge in [0.1, 0.15) is 0 Å². The van der Waals surface area contributed by atoms with Crippen molar-refractivity contribution in [3.05, 3.63) is 90.0 Å². The molecule has 1 aromatic heterocycles. The van der Waals surface area contributed by atoms with E-state index in [0.29, 0.717) is 29.3 Å². The normalized spacial score (nSPS) is 12.0. The van der Waals surface area contributed by atoms with Crippen molar-refractivity contribution in [1.29, 1.82) is 0 Å². The van der Waals surface area contributed by atoms with E-state index in [1.165, 1.54) is 0 Å². The third-order valence-electron chi connectivity index (χ3n) is 6.07. The van der Waals surface area contributed by atoms with Gasteiger partial charge >= 0.3 is 12.1 Å². The number of hydrogen-bond donors (Lipinski definition) is 1. The summed E-state index contributed by atoms with van der Waals surface area (Å²) in [5.41, 5.74) is 1.69. The summed E-state index contributed by atoms with van der Waals surface area (Å²) in [4.78, 5) is 25.0. The van der Waals surface area contributed by atoms with E-state index >= 15 is 0 Å². The molecule has 0 saturated carbocycles. The van der Waals surface area contributed by atoms with Crippen molar-refractivity contribution in [2.45, 2.75) is 31.0 Å². The molecule has 4 aromatic rings. The smallest absolute Gasteiger partial charge is 0.416 e. The molecule has 0 spiro atoms. The molecule has 11 heteroatoms. The lowest BCUT2D eigenvalue weighted by Crippen LogP contribution is -2.27. The fourth-order valence-electron chi connectivity index (χ4n) is 4.31. The van der Waals surface area contributed by atoms with Gasteiger partial charge in [0.15, 0.2) is 6.61 Å². The zero-order valence-corrected chi connectivity index (χ0v) is 21.7. The van der Waals surface area contributed by atoms with Crippen LogP contribution in [0.25, 0.3) is 22.2 Å². The number of Topliss-reactive ketones (excluding diaryl/α,β-unsaturated/α-hetero) is 1. The zero-order chi connectivity index (χ0) is 28.2. The molecule has 0 aliphatic heterocycles. The van der Waals surface area contributed by atoms with Crippen LogP contribution >= 0.6 is 0 Å². The standard InChI is InChI=1S/C28H25F3N2O5S/c1-2-33-23-14-7-6-13-22(23)26(27(33)19-9-4-3-5-10-19)24(34)18-38-25(35)15-16-32-39(36,37)21-12-8-11-20(17-21)28(29,30)31/h3-14,17,32H,2,15-16,18H2,1H3. The molecule has 204 valence electrons. The summed E-state index contributed by atoms with van der Waals surface area (Å²) < 4.78 is 72.7. The maximum Gasteiger partial charge on any atom is 0.416 e. The molecule has 0 atom stereocenters. The molecule has 0 aliphatic carbocycles. The van der Waals surface area contributed by atoms with Crippen molar-refractivity contribution < 1.29 is 35.9 Å². The van der Waals surface area contributed by atoms with E-state index < -0.39 is 58.0 Å². The molecule has 39 heavy (non-hydrogen) atoms. The number of aromatic nitrogens is 1. The number of ketones is 1. The second-order valence-electron chi connectivity index (χ2n) is 8.61. The Bertz CT molecular complexity index is 1610. The van der Waals surface area contributed by atoms with Gasteiger partial charge < -0.3 is 9.30 Å². The highest BCUT2D eigenvalue weighted by atomic mass is 32.2. The monoisotopic (exact) mass is 558 g/mol. The third kappa shape index (κ3) is 6.21. The molecule has 4 rings (SSSR count). The number of aryl methyl sites for hydroxylation is 1. The number of carbonyl (C=O) groups is 2. The van der Waals surface area contributed by atoms with Crippen molar-refractivity contribution in [2.24, 2.45) is 0 Å². The third-order valence-corrected chi connectivity index (χ3v) is 7.53. The number of halogens is 3. The van der Waals surface area contributed by atoms with Gasteiger partial charge in [0.2, 0.25) is 15.8 Å². The summed E-state index contributed by atoms with van der Waals surface area (Å²) in [5.74, 6) is -1.26. The van der Waals surface area contributed by atoms with Crippen LogP contribution in [0.2, 0.25) is 0 Å². The van der Waals surface area contributed by atoms with Crippen molar-refractivity contribution >= 4 is 32.7 Å². The number of carbonyl (C=O) groups excluding carboxylic acids is 2. The van der Waals surface area contributed by atoms with Crippen molar-refractivity contribution in [3.63, 3.8) is 0 Å². The topological polar surface area (TPSA) is 94.5 Å². The Hall–Kier alpha value is -3.96. The van der Waals surface area contributed by atoms with Gasteiger partial charge in [-0.05, 0) is 36.8 Å². The predicted molar refractivity (Wildman–Crippen MR) is 140 cm³/mol. The summed E-state index contributed by atoms with van der Waals surface area (Å²) >= 11 is 0. The molecule has 3 aromatic carbocycles.